The van der Waals surface area contributed by atoms with Gasteiger partial charge in [-0.3, -0.25) is 9.88 Å². The summed E-state index contributed by atoms with van der Waals surface area (Å²) in [7, 11) is 0. The Hall–Kier alpha value is -1.18. The van der Waals surface area contributed by atoms with Crippen LogP contribution < -0.4 is 10.6 Å². The van der Waals surface area contributed by atoms with Gasteiger partial charge in [0.25, 0.3) is 0 Å². The Labute approximate surface area is 127 Å². The van der Waals surface area contributed by atoms with Crippen LogP contribution in [0.1, 0.15) is 6.42 Å². The summed E-state index contributed by atoms with van der Waals surface area (Å²) in [5.74, 6) is 0. The van der Waals surface area contributed by atoms with Crippen molar-refractivity contribution in [3.63, 3.8) is 0 Å². The maximum atomic E-state index is 11.7. The molecule has 0 aromatic carbocycles. The van der Waals surface area contributed by atoms with E-state index in [1.165, 1.54) is 0 Å². The second kappa shape index (κ2) is 8.18. The van der Waals surface area contributed by atoms with Crippen molar-refractivity contribution in [2.75, 3.05) is 44.7 Å². The monoisotopic (exact) mass is 342 g/mol. The summed E-state index contributed by atoms with van der Waals surface area (Å²) in [5, 5.41) is 5.58. The predicted octanol–water partition coefficient (Wildman–Crippen LogP) is 1.69. The summed E-state index contributed by atoms with van der Waals surface area (Å²) in [6.45, 7) is 5.23. The molecule has 2 heterocycles. The highest BCUT2D eigenvalue weighted by molar-refractivity contribution is 9.10. The zero-order valence-corrected chi connectivity index (χ0v) is 12.9. The van der Waals surface area contributed by atoms with Crippen LogP contribution in [0, 0.1) is 0 Å². The molecule has 0 spiro atoms. The van der Waals surface area contributed by atoms with Crippen LogP contribution in [0.15, 0.2) is 22.9 Å². The second-order valence-corrected chi connectivity index (χ2v) is 5.50. The fraction of sp³-hybridized carbons (Fsp3) is 0.538. The van der Waals surface area contributed by atoms with Crippen LogP contribution in [0.3, 0.4) is 0 Å². The molecule has 1 aliphatic heterocycles. The first-order valence-electron chi connectivity index (χ1n) is 6.69. The van der Waals surface area contributed by atoms with Gasteiger partial charge in [-0.15, -0.1) is 0 Å². The van der Waals surface area contributed by atoms with E-state index in [1.807, 2.05) is 0 Å². The Bertz CT molecular complexity index is 438. The number of urea groups is 1. The average Bonchev–Trinajstić information content (AvgIpc) is 2.45. The van der Waals surface area contributed by atoms with E-state index in [0.29, 0.717) is 12.2 Å². The SMILES string of the molecule is O=C(NCCCN1CCOCC1)Nc1cncc(Br)c1. The third-order valence-corrected chi connectivity index (χ3v) is 3.44. The molecule has 2 rings (SSSR count). The van der Waals surface area contributed by atoms with Gasteiger partial charge < -0.3 is 15.4 Å². The Kier molecular flexibility index (Phi) is 6.23. The van der Waals surface area contributed by atoms with Crippen LogP contribution in [0.25, 0.3) is 0 Å². The van der Waals surface area contributed by atoms with Crippen LogP contribution in [0.2, 0.25) is 0 Å². The maximum Gasteiger partial charge on any atom is 0.319 e. The molecule has 20 heavy (non-hydrogen) atoms. The lowest BCUT2D eigenvalue weighted by Crippen LogP contribution is -2.38. The third kappa shape index (κ3) is 5.44. The van der Waals surface area contributed by atoms with Gasteiger partial charge in [0.1, 0.15) is 0 Å². The zero-order chi connectivity index (χ0) is 14.2. The fourth-order valence-electron chi connectivity index (χ4n) is 1.98. The van der Waals surface area contributed by atoms with Crippen molar-refractivity contribution in [2.24, 2.45) is 0 Å². The largest absolute Gasteiger partial charge is 0.379 e. The zero-order valence-electron chi connectivity index (χ0n) is 11.3. The molecule has 6 nitrogen and oxygen atoms in total. The molecular formula is C13H19BrN4O2. The van der Waals surface area contributed by atoms with Crippen molar-refractivity contribution in [2.45, 2.75) is 6.42 Å². The molecule has 1 saturated heterocycles. The number of hydrogen-bond donors (Lipinski definition) is 2. The van der Waals surface area contributed by atoms with Gasteiger partial charge in [-0.1, -0.05) is 0 Å². The third-order valence-electron chi connectivity index (χ3n) is 3.00. The Morgan fingerprint density at radius 2 is 2.20 bits per heavy atom. The van der Waals surface area contributed by atoms with Gasteiger partial charge in [-0.05, 0) is 35.0 Å². The fourth-order valence-corrected chi connectivity index (χ4v) is 2.35. The summed E-state index contributed by atoms with van der Waals surface area (Å²) in [4.78, 5) is 18.0. The quantitative estimate of drug-likeness (QED) is 0.799. The van der Waals surface area contributed by atoms with Gasteiger partial charge in [0.2, 0.25) is 0 Å². The number of pyridine rings is 1. The van der Waals surface area contributed by atoms with E-state index in [-0.39, 0.29) is 6.03 Å². The lowest BCUT2D eigenvalue weighted by molar-refractivity contribution is 0.0375. The van der Waals surface area contributed by atoms with E-state index in [9.17, 15) is 4.79 Å². The van der Waals surface area contributed by atoms with E-state index < -0.39 is 0 Å². The normalized spacial score (nSPS) is 15.8. The number of carbonyl (C=O) groups excluding carboxylic acids is 1. The van der Waals surface area contributed by atoms with Crippen LogP contribution in [0.4, 0.5) is 10.5 Å². The van der Waals surface area contributed by atoms with Gasteiger partial charge in [0.15, 0.2) is 0 Å². The van der Waals surface area contributed by atoms with Crippen molar-refractivity contribution < 1.29 is 9.53 Å². The number of carbonyl (C=O) groups is 1. The number of anilines is 1. The minimum atomic E-state index is -0.202. The van der Waals surface area contributed by atoms with Crippen LogP contribution in [0.5, 0.6) is 0 Å². The van der Waals surface area contributed by atoms with Crippen LogP contribution in [-0.4, -0.2) is 55.3 Å². The number of nitrogens with zero attached hydrogens (tertiary/aromatic N) is 2. The van der Waals surface area contributed by atoms with Gasteiger partial charge in [-0.2, -0.15) is 0 Å². The first-order valence-corrected chi connectivity index (χ1v) is 7.49. The van der Waals surface area contributed by atoms with E-state index in [2.05, 4.69) is 36.4 Å². The maximum absolute atomic E-state index is 11.7. The minimum Gasteiger partial charge on any atom is -0.379 e. The van der Waals surface area contributed by atoms with E-state index in [1.54, 1.807) is 18.5 Å². The predicted molar refractivity (Wildman–Crippen MR) is 80.8 cm³/mol. The molecule has 7 heteroatoms. The standard InChI is InChI=1S/C13H19BrN4O2/c14-11-8-12(10-15-9-11)17-13(19)16-2-1-3-18-4-6-20-7-5-18/h8-10H,1-7H2,(H2,16,17,19). The first kappa shape index (κ1) is 15.2. The molecule has 0 saturated carbocycles. The number of nitrogens with one attached hydrogen (secondary N) is 2. The summed E-state index contributed by atoms with van der Waals surface area (Å²) >= 11 is 3.31. The molecule has 0 atom stereocenters. The Balaban J connectivity index is 1.60. The van der Waals surface area contributed by atoms with Crippen molar-refractivity contribution in [3.8, 4) is 0 Å². The minimum absolute atomic E-state index is 0.202. The lowest BCUT2D eigenvalue weighted by atomic mass is 10.3. The number of hydrogen-bond acceptors (Lipinski definition) is 4. The van der Waals surface area contributed by atoms with E-state index in [0.717, 1.165) is 43.7 Å². The molecule has 0 bridgehead atoms. The van der Waals surface area contributed by atoms with E-state index in [4.69, 9.17) is 4.74 Å². The smallest absolute Gasteiger partial charge is 0.319 e. The molecule has 2 N–H and O–H groups in total. The van der Waals surface area contributed by atoms with Gasteiger partial charge in [-0.25, -0.2) is 4.79 Å². The molecule has 1 aliphatic rings. The number of aromatic nitrogens is 1. The summed E-state index contributed by atoms with van der Waals surface area (Å²) in [5.41, 5.74) is 0.671. The summed E-state index contributed by atoms with van der Waals surface area (Å²) in [6, 6.07) is 1.60. The summed E-state index contributed by atoms with van der Waals surface area (Å²) in [6.07, 6.45) is 4.22. The number of morpholine rings is 1. The molecule has 0 radical (unpaired) electrons. The Morgan fingerprint density at radius 1 is 1.40 bits per heavy atom. The molecule has 1 aromatic heterocycles. The molecule has 1 fully saturated rings. The number of rotatable bonds is 5. The molecule has 2 amide bonds. The first-order chi connectivity index (χ1) is 9.74. The molecule has 1 aromatic rings. The highest BCUT2D eigenvalue weighted by Gasteiger charge is 2.09. The van der Waals surface area contributed by atoms with Gasteiger partial charge >= 0.3 is 6.03 Å². The second-order valence-electron chi connectivity index (χ2n) is 4.58. The number of halogens is 1. The molecule has 0 unspecified atom stereocenters. The molecular weight excluding hydrogens is 324 g/mol. The van der Waals surface area contributed by atoms with Crippen LogP contribution in [-0.2, 0) is 4.74 Å². The number of amides is 2. The molecule has 110 valence electrons. The van der Waals surface area contributed by atoms with Crippen molar-refractivity contribution in [1.29, 1.82) is 0 Å². The van der Waals surface area contributed by atoms with E-state index >= 15 is 0 Å². The topological polar surface area (TPSA) is 66.5 Å². The van der Waals surface area contributed by atoms with Crippen molar-refractivity contribution >= 4 is 27.6 Å². The van der Waals surface area contributed by atoms with Crippen molar-refractivity contribution in [3.05, 3.63) is 22.9 Å². The van der Waals surface area contributed by atoms with Gasteiger partial charge in [0, 0.05) is 30.3 Å². The van der Waals surface area contributed by atoms with Crippen LogP contribution >= 0.6 is 15.9 Å². The summed E-state index contributed by atoms with van der Waals surface area (Å²) < 4.78 is 6.12. The lowest BCUT2D eigenvalue weighted by Gasteiger charge is -2.26. The highest BCUT2D eigenvalue weighted by Crippen LogP contribution is 2.13. The average molecular weight is 343 g/mol. The Morgan fingerprint density at radius 3 is 2.95 bits per heavy atom. The van der Waals surface area contributed by atoms with Crippen molar-refractivity contribution in [1.82, 2.24) is 15.2 Å². The van der Waals surface area contributed by atoms with Gasteiger partial charge in [0.05, 0.1) is 25.1 Å². The molecule has 0 aliphatic carbocycles. The highest BCUT2D eigenvalue weighted by atomic mass is 79.9. The number of ether oxygens (including phenoxy) is 1.